The van der Waals surface area contributed by atoms with Crippen LogP contribution in [0.1, 0.15) is 18.3 Å². The zero-order valence-electron chi connectivity index (χ0n) is 14.4. The predicted octanol–water partition coefficient (Wildman–Crippen LogP) is 3.81. The van der Waals surface area contributed by atoms with Crippen LogP contribution in [0.2, 0.25) is 0 Å². The lowest BCUT2D eigenvalue weighted by Crippen LogP contribution is -2.08. The zero-order valence-corrected chi connectivity index (χ0v) is 15.2. The van der Waals surface area contributed by atoms with Gasteiger partial charge in [0.1, 0.15) is 11.6 Å². The molecule has 3 heterocycles. The van der Waals surface area contributed by atoms with Crippen LogP contribution < -0.4 is 0 Å². The molecule has 0 saturated heterocycles. The number of fused-ring (bicyclic) bond motifs is 1. The van der Waals surface area contributed by atoms with Gasteiger partial charge in [0.25, 0.3) is 0 Å². The molecule has 4 rings (SSSR count). The number of imidazole rings is 2. The number of benzene rings is 1. The predicted molar refractivity (Wildman–Crippen MR) is 101 cm³/mol. The van der Waals surface area contributed by atoms with Gasteiger partial charge in [0.15, 0.2) is 0 Å². The molecule has 0 aliphatic heterocycles. The van der Waals surface area contributed by atoms with Crippen LogP contribution in [0.4, 0.5) is 5.00 Å². The maximum Gasteiger partial charge on any atom is 0.324 e. The fraction of sp³-hybridized carbons (Fsp3) is 0.167. The number of nitro groups is 1. The first-order valence-corrected chi connectivity index (χ1v) is 9.12. The number of hydrogen-bond acceptors (Lipinski definition) is 6. The zero-order chi connectivity index (χ0) is 19.0. The maximum absolute atomic E-state index is 10.9. The number of aryl methyl sites for hydroxylation is 1. The average molecular weight is 378 g/mol. The molecule has 0 saturated carbocycles. The third-order valence-electron chi connectivity index (χ3n) is 4.32. The second-order valence-corrected chi connectivity index (χ2v) is 6.79. The molecule has 0 amide bonds. The number of nitriles is 1. The van der Waals surface area contributed by atoms with Gasteiger partial charge in [-0.15, -0.1) is 0 Å². The van der Waals surface area contributed by atoms with Gasteiger partial charge in [-0.2, -0.15) is 5.26 Å². The molecule has 9 heteroatoms. The van der Waals surface area contributed by atoms with Crippen LogP contribution in [0.15, 0.2) is 42.0 Å². The van der Waals surface area contributed by atoms with Crippen LogP contribution in [0, 0.1) is 21.4 Å². The summed E-state index contributed by atoms with van der Waals surface area (Å²) in [5.74, 6) is 1.50. The van der Waals surface area contributed by atoms with Gasteiger partial charge in [-0.3, -0.25) is 10.1 Å². The first kappa shape index (κ1) is 16.9. The highest BCUT2D eigenvalue weighted by Crippen LogP contribution is 2.30. The van der Waals surface area contributed by atoms with Crippen molar-refractivity contribution in [2.45, 2.75) is 20.0 Å². The summed E-state index contributed by atoms with van der Waals surface area (Å²) in [6, 6.07) is 9.14. The molecule has 0 aliphatic carbocycles. The minimum atomic E-state index is -0.398. The van der Waals surface area contributed by atoms with Crippen molar-refractivity contribution in [1.82, 2.24) is 19.1 Å². The fourth-order valence-corrected chi connectivity index (χ4v) is 3.81. The SMILES string of the molecule is CCn1c(Cn2ccnc2-c2csc([N+](=O)[O-])c2)nc2cc(C#N)ccc21. The van der Waals surface area contributed by atoms with E-state index in [1.165, 1.54) is 6.07 Å². The van der Waals surface area contributed by atoms with Crippen molar-refractivity contribution in [1.29, 1.82) is 5.26 Å². The van der Waals surface area contributed by atoms with E-state index in [-0.39, 0.29) is 5.00 Å². The summed E-state index contributed by atoms with van der Waals surface area (Å²) in [6.07, 6.45) is 3.50. The van der Waals surface area contributed by atoms with Crippen molar-refractivity contribution in [3.05, 3.63) is 63.5 Å². The van der Waals surface area contributed by atoms with E-state index < -0.39 is 4.92 Å². The standard InChI is InChI=1S/C18H14N6O2S/c1-2-23-15-4-3-12(9-19)7-14(15)21-16(23)10-22-6-5-20-18(22)13-8-17(24(25)26)27-11-13/h3-8,11H,2,10H2,1H3. The molecule has 0 unspecified atom stereocenters. The number of aromatic nitrogens is 4. The lowest BCUT2D eigenvalue weighted by Gasteiger charge is -2.09. The molecule has 134 valence electrons. The van der Waals surface area contributed by atoms with Crippen LogP contribution in [-0.2, 0) is 13.1 Å². The molecule has 4 aromatic rings. The molecule has 0 aliphatic rings. The Kier molecular flexibility index (Phi) is 4.18. The van der Waals surface area contributed by atoms with Crippen LogP contribution in [0.25, 0.3) is 22.4 Å². The molecule has 0 N–H and O–H groups in total. The molecular weight excluding hydrogens is 364 g/mol. The Morgan fingerprint density at radius 3 is 2.93 bits per heavy atom. The van der Waals surface area contributed by atoms with E-state index in [1.807, 2.05) is 23.8 Å². The van der Waals surface area contributed by atoms with Crippen molar-refractivity contribution < 1.29 is 4.92 Å². The Morgan fingerprint density at radius 2 is 2.22 bits per heavy atom. The number of hydrogen-bond donors (Lipinski definition) is 0. The Labute approximate surface area is 158 Å². The van der Waals surface area contributed by atoms with Crippen molar-refractivity contribution in [3.8, 4) is 17.5 Å². The van der Waals surface area contributed by atoms with E-state index in [4.69, 9.17) is 10.2 Å². The van der Waals surface area contributed by atoms with E-state index in [0.29, 0.717) is 23.5 Å². The van der Waals surface area contributed by atoms with Gasteiger partial charge in [-0.05, 0) is 25.1 Å². The van der Waals surface area contributed by atoms with Gasteiger partial charge in [0, 0.05) is 35.9 Å². The molecule has 27 heavy (non-hydrogen) atoms. The molecule has 0 radical (unpaired) electrons. The van der Waals surface area contributed by atoms with Crippen molar-refractivity contribution >= 4 is 27.4 Å². The van der Waals surface area contributed by atoms with E-state index in [0.717, 1.165) is 34.7 Å². The van der Waals surface area contributed by atoms with Gasteiger partial charge in [-0.25, -0.2) is 9.97 Å². The first-order chi connectivity index (χ1) is 13.1. The van der Waals surface area contributed by atoms with Gasteiger partial charge < -0.3 is 9.13 Å². The summed E-state index contributed by atoms with van der Waals surface area (Å²) in [6.45, 7) is 3.26. The highest BCUT2D eigenvalue weighted by Gasteiger charge is 2.17. The Bertz CT molecular complexity index is 1200. The highest BCUT2D eigenvalue weighted by molar-refractivity contribution is 7.13. The summed E-state index contributed by atoms with van der Waals surface area (Å²) in [4.78, 5) is 19.6. The van der Waals surface area contributed by atoms with Gasteiger partial charge in [-0.1, -0.05) is 11.3 Å². The molecule has 0 atom stereocenters. The highest BCUT2D eigenvalue weighted by atomic mass is 32.1. The van der Waals surface area contributed by atoms with Gasteiger partial charge in [0.2, 0.25) is 0 Å². The third-order valence-corrected chi connectivity index (χ3v) is 5.20. The Hall–Kier alpha value is -3.51. The Morgan fingerprint density at radius 1 is 1.37 bits per heavy atom. The summed E-state index contributed by atoms with van der Waals surface area (Å²) < 4.78 is 4.01. The van der Waals surface area contributed by atoms with E-state index in [9.17, 15) is 10.1 Å². The summed E-state index contributed by atoms with van der Waals surface area (Å²) >= 11 is 1.08. The number of rotatable bonds is 5. The molecular formula is C18H14N6O2S. The van der Waals surface area contributed by atoms with Crippen LogP contribution >= 0.6 is 11.3 Å². The van der Waals surface area contributed by atoms with Crippen LogP contribution in [0.5, 0.6) is 0 Å². The molecule has 1 aromatic carbocycles. The average Bonchev–Trinajstić information content (AvgIpc) is 3.38. The van der Waals surface area contributed by atoms with Crippen LogP contribution in [-0.4, -0.2) is 24.0 Å². The topological polar surface area (TPSA) is 103 Å². The lowest BCUT2D eigenvalue weighted by molar-refractivity contribution is -0.380. The maximum atomic E-state index is 10.9. The normalized spacial score (nSPS) is 11.0. The van der Waals surface area contributed by atoms with E-state index in [1.54, 1.807) is 23.7 Å². The fourth-order valence-electron chi connectivity index (χ4n) is 3.11. The molecule has 0 bridgehead atoms. The second kappa shape index (κ2) is 6.66. The summed E-state index contributed by atoms with van der Waals surface area (Å²) in [5, 5.41) is 21.9. The van der Waals surface area contributed by atoms with Gasteiger partial charge >= 0.3 is 5.00 Å². The van der Waals surface area contributed by atoms with Crippen LogP contribution in [0.3, 0.4) is 0 Å². The molecule has 0 fully saturated rings. The quantitative estimate of drug-likeness (QED) is 0.388. The number of thiophene rings is 1. The van der Waals surface area contributed by atoms with Crippen molar-refractivity contribution in [3.63, 3.8) is 0 Å². The van der Waals surface area contributed by atoms with Gasteiger partial charge in [0.05, 0.1) is 34.1 Å². The first-order valence-electron chi connectivity index (χ1n) is 8.24. The summed E-state index contributed by atoms with van der Waals surface area (Å²) in [7, 11) is 0. The lowest BCUT2D eigenvalue weighted by atomic mass is 10.2. The minimum Gasteiger partial charge on any atom is -0.327 e. The van der Waals surface area contributed by atoms with E-state index >= 15 is 0 Å². The summed E-state index contributed by atoms with van der Waals surface area (Å²) in [5.41, 5.74) is 3.03. The smallest absolute Gasteiger partial charge is 0.324 e. The third kappa shape index (κ3) is 2.96. The molecule has 8 nitrogen and oxygen atoms in total. The molecule has 3 aromatic heterocycles. The molecule has 0 spiro atoms. The van der Waals surface area contributed by atoms with Crippen molar-refractivity contribution in [2.24, 2.45) is 0 Å². The minimum absolute atomic E-state index is 0.0874. The monoisotopic (exact) mass is 378 g/mol. The van der Waals surface area contributed by atoms with E-state index in [2.05, 4.69) is 15.6 Å². The number of nitrogens with zero attached hydrogens (tertiary/aromatic N) is 6. The second-order valence-electron chi connectivity index (χ2n) is 5.90. The largest absolute Gasteiger partial charge is 0.327 e. The Balaban J connectivity index is 1.74. The van der Waals surface area contributed by atoms with Crippen molar-refractivity contribution in [2.75, 3.05) is 0 Å².